The number of ether oxygens (including phenoxy) is 2. The van der Waals surface area contributed by atoms with Crippen LogP contribution in [0.15, 0.2) is 23.8 Å². The summed E-state index contributed by atoms with van der Waals surface area (Å²) in [6.07, 6.45) is 6.06. The predicted octanol–water partition coefficient (Wildman–Crippen LogP) is 5.28. The molecule has 0 bridgehead atoms. The molecule has 1 aromatic rings. The standard InChI is InChI=1S/C28H40O5/c1-17(9-10-19-15-20(32-7)14-18(2)23(19)31)13-21(29)24-26(5)11-8-12-27(26,6)28(24)16-22(30)25(3,4)33-28/h9,14-15,22,24,30-31H,8,10-13,16H2,1-7H3. The maximum absolute atomic E-state index is 13.8. The average Bonchev–Trinajstić information content (AvgIpc) is 3.14. The number of aromatic hydroxyl groups is 1. The quantitative estimate of drug-likeness (QED) is 0.570. The molecule has 5 atom stereocenters. The zero-order valence-corrected chi connectivity index (χ0v) is 21.2. The molecule has 0 aromatic heterocycles. The van der Waals surface area contributed by atoms with Crippen LogP contribution in [0.1, 0.15) is 77.8 Å². The minimum Gasteiger partial charge on any atom is -0.507 e. The number of allylic oxidation sites excluding steroid dienone is 2. The number of hydrogen-bond donors (Lipinski definition) is 2. The Bertz CT molecular complexity index is 994. The van der Waals surface area contributed by atoms with Crippen molar-refractivity contribution >= 4 is 5.78 Å². The third kappa shape index (κ3) is 3.37. The lowest BCUT2D eigenvalue weighted by Crippen LogP contribution is -2.75. The summed E-state index contributed by atoms with van der Waals surface area (Å²) in [6, 6.07) is 3.65. The number of methoxy groups -OCH3 is 1. The van der Waals surface area contributed by atoms with E-state index in [4.69, 9.17) is 9.47 Å². The fourth-order valence-electron chi connectivity index (χ4n) is 7.35. The van der Waals surface area contributed by atoms with E-state index in [9.17, 15) is 15.0 Å². The molecule has 3 fully saturated rings. The Kier molecular flexibility index (Phi) is 5.77. The number of ketones is 1. The van der Waals surface area contributed by atoms with Crippen LogP contribution in [0.2, 0.25) is 0 Å². The zero-order chi connectivity index (χ0) is 24.4. The van der Waals surface area contributed by atoms with Crippen molar-refractivity contribution in [3.05, 3.63) is 34.9 Å². The lowest BCUT2D eigenvalue weighted by Gasteiger charge is -2.70. The molecular weight excluding hydrogens is 416 g/mol. The molecule has 2 aliphatic carbocycles. The number of Topliss-reactive ketones (excluding diaryl/α,β-unsaturated/α-hetero) is 1. The van der Waals surface area contributed by atoms with Gasteiger partial charge in [-0.05, 0) is 70.1 Å². The molecule has 0 amide bonds. The van der Waals surface area contributed by atoms with Crippen molar-refractivity contribution in [1.29, 1.82) is 0 Å². The van der Waals surface area contributed by atoms with Crippen molar-refractivity contribution in [1.82, 2.24) is 0 Å². The number of rotatable bonds is 6. The largest absolute Gasteiger partial charge is 0.507 e. The zero-order valence-electron chi connectivity index (χ0n) is 21.2. The van der Waals surface area contributed by atoms with E-state index in [-0.39, 0.29) is 28.3 Å². The van der Waals surface area contributed by atoms with E-state index in [1.54, 1.807) is 7.11 Å². The molecule has 1 saturated heterocycles. The summed E-state index contributed by atoms with van der Waals surface area (Å²) in [5, 5.41) is 21.2. The highest BCUT2D eigenvalue weighted by molar-refractivity contribution is 5.87. The minimum absolute atomic E-state index is 0.0867. The minimum atomic E-state index is -0.641. The summed E-state index contributed by atoms with van der Waals surface area (Å²) in [4.78, 5) is 13.8. The number of aliphatic hydroxyl groups is 1. The summed E-state index contributed by atoms with van der Waals surface area (Å²) >= 11 is 0. The van der Waals surface area contributed by atoms with Gasteiger partial charge in [-0.15, -0.1) is 0 Å². The molecule has 0 radical (unpaired) electrons. The van der Waals surface area contributed by atoms with E-state index < -0.39 is 17.3 Å². The molecular formula is C28H40O5. The van der Waals surface area contributed by atoms with Crippen LogP contribution < -0.4 is 4.74 Å². The van der Waals surface area contributed by atoms with Crippen molar-refractivity contribution in [2.45, 2.75) is 97.4 Å². The Morgan fingerprint density at radius 3 is 2.55 bits per heavy atom. The number of carbonyl (C=O) groups is 1. The van der Waals surface area contributed by atoms with Gasteiger partial charge in [0.05, 0.1) is 30.3 Å². The topological polar surface area (TPSA) is 76.0 Å². The molecule has 1 aromatic carbocycles. The van der Waals surface area contributed by atoms with Gasteiger partial charge < -0.3 is 19.7 Å². The van der Waals surface area contributed by atoms with Crippen molar-refractivity contribution in [3.8, 4) is 11.5 Å². The van der Waals surface area contributed by atoms with Gasteiger partial charge in [-0.1, -0.05) is 31.9 Å². The first-order chi connectivity index (χ1) is 15.3. The van der Waals surface area contributed by atoms with E-state index in [0.29, 0.717) is 25.0 Å². The molecule has 1 spiro atoms. The number of fused-ring (bicyclic) bond motifs is 2. The summed E-state index contributed by atoms with van der Waals surface area (Å²) in [5.41, 5.74) is 1.15. The summed E-state index contributed by atoms with van der Waals surface area (Å²) in [6.45, 7) is 12.2. The summed E-state index contributed by atoms with van der Waals surface area (Å²) in [7, 11) is 1.62. The van der Waals surface area contributed by atoms with Gasteiger partial charge in [0, 0.05) is 23.8 Å². The third-order valence-electron chi connectivity index (χ3n) is 9.45. The summed E-state index contributed by atoms with van der Waals surface area (Å²) in [5.74, 6) is 0.993. The van der Waals surface area contributed by atoms with Gasteiger partial charge in [0.1, 0.15) is 17.3 Å². The van der Waals surface area contributed by atoms with Crippen molar-refractivity contribution < 1.29 is 24.5 Å². The Hall–Kier alpha value is -1.85. The van der Waals surface area contributed by atoms with Gasteiger partial charge in [0.15, 0.2) is 0 Å². The molecule has 182 valence electrons. The fraction of sp³-hybridized carbons (Fsp3) is 0.679. The normalized spacial score (nSPS) is 37.2. The molecule has 5 nitrogen and oxygen atoms in total. The molecule has 2 N–H and O–H groups in total. The Morgan fingerprint density at radius 1 is 1.24 bits per heavy atom. The lowest BCUT2D eigenvalue weighted by molar-refractivity contribution is -0.304. The highest BCUT2D eigenvalue weighted by atomic mass is 16.6. The van der Waals surface area contributed by atoms with Crippen LogP contribution in [0.25, 0.3) is 0 Å². The van der Waals surface area contributed by atoms with E-state index >= 15 is 0 Å². The van der Waals surface area contributed by atoms with Gasteiger partial charge in [-0.3, -0.25) is 4.79 Å². The van der Waals surface area contributed by atoms with Crippen LogP contribution in [0.5, 0.6) is 11.5 Å². The molecule has 5 heteroatoms. The lowest BCUT2D eigenvalue weighted by atomic mass is 9.36. The predicted molar refractivity (Wildman–Crippen MR) is 129 cm³/mol. The second-order valence-corrected chi connectivity index (χ2v) is 11.7. The number of phenolic OH excluding ortho intramolecular Hbond substituents is 1. The van der Waals surface area contributed by atoms with Crippen LogP contribution in [-0.2, 0) is 16.0 Å². The molecule has 33 heavy (non-hydrogen) atoms. The first kappa shape index (κ1) is 24.3. The second-order valence-electron chi connectivity index (χ2n) is 11.7. The Balaban J connectivity index is 1.56. The monoisotopic (exact) mass is 456 g/mol. The molecule has 3 aliphatic rings. The Labute approximate surface area is 198 Å². The maximum Gasteiger partial charge on any atom is 0.143 e. The van der Waals surface area contributed by atoms with Gasteiger partial charge in [0.2, 0.25) is 0 Å². The van der Waals surface area contributed by atoms with Crippen molar-refractivity contribution in [2.24, 2.45) is 16.7 Å². The van der Waals surface area contributed by atoms with Crippen molar-refractivity contribution in [2.75, 3.05) is 7.11 Å². The number of hydrogen-bond acceptors (Lipinski definition) is 5. The second kappa shape index (κ2) is 7.84. The average molecular weight is 457 g/mol. The number of carbonyl (C=O) groups excluding carboxylic acids is 1. The molecule has 1 heterocycles. The van der Waals surface area contributed by atoms with Crippen LogP contribution in [0.3, 0.4) is 0 Å². The molecule has 1 aliphatic heterocycles. The van der Waals surface area contributed by atoms with Crippen LogP contribution >= 0.6 is 0 Å². The highest BCUT2D eigenvalue weighted by Crippen LogP contribution is 2.78. The van der Waals surface area contributed by atoms with E-state index in [1.807, 2.05) is 45.9 Å². The van der Waals surface area contributed by atoms with Gasteiger partial charge >= 0.3 is 0 Å². The summed E-state index contributed by atoms with van der Waals surface area (Å²) < 4.78 is 12.0. The third-order valence-corrected chi connectivity index (χ3v) is 9.45. The first-order valence-corrected chi connectivity index (χ1v) is 12.2. The Morgan fingerprint density at radius 2 is 1.94 bits per heavy atom. The first-order valence-electron chi connectivity index (χ1n) is 12.2. The number of benzene rings is 1. The van der Waals surface area contributed by atoms with Crippen LogP contribution in [-0.4, -0.2) is 40.4 Å². The van der Waals surface area contributed by atoms with E-state index in [1.165, 1.54) is 0 Å². The molecule has 4 rings (SSSR count). The SMILES string of the molecule is COc1cc(C)c(O)c(CC=C(C)CC(=O)C2C3(C)CCCC3(C)C23CC(O)C(C)(C)O3)c1. The fourth-order valence-corrected chi connectivity index (χ4v) is 7.35. The molecule has 2 saturated carbocycles. The van der Waals surface area contributed by atoms with Crippen LogP contribution in [0, 0.1) is 23.7 Å². The highest BCUT2D eigenvalue weighted by Gasteiger charge is 2.82. The van der Waals surface area contributed by atoms with Gasteiger partial charge in [-0.25, -0.2) is 0 Å². The van der Waals surface area contributed by atoms with E-state index in [0.717, 1.165) is 36.0 Å². The van der Waals surface area contributed by atoms with Gasteiger partial charge in [-0.2, -0.15) is 0 Å². The van der Waals surface area contributed by atoms with Crippen LogP contribution in [0.4, 0.5) is 0 Å². The number of aryl methyl sites for hydroxylation is 1. The number of phenols is 1. The maximum atomic E-state index is 13.8. The molecule has 5 unspecified atom stereocenters. The smallest absolute Gasteiger partial charge is 0.143 e. The number of aliphatic hydroxyl groups excluding tert-OH is 1. The van der Waals surface area contributed by atoms with Crippen molar-refractivity contribution in [3.63, 3.8) is 0 Å². The van der Waals surface area contributed by atoms with Gasteiger partial charge in [0.25, 0.3) is 0 Å². The van der Waals surface area contributed by atoms with E-state index in [2.05, 4.69) is 13.8 Å².